The van der Waals surface area contributed by atoms with Crippen LogP contribution in [0.5, 0.6) is 5.88 Å². The van der Waals surface area contributed by atoms with Gasteiger partial charge in [-0.2, -0.15) is 0 Å². The molecule has 0 saturated heterocycles. The van der Waals surface area contributed by atoms with Crippen LogP contribution in [0.1, 0.15) is 10.4 Å². The molecule has 0 unspecified atom stereocenters. The van der Waals surface area contributed by atoms with Crippen LogP contribution in [0.15, 0.2) is 12.3 Å². The molecule has 7 heteroatoms. The molecule has 6 nitrogen and oxygen atoms in total. The Bertz CT molecular complexity index is 469. The average Bonchev–Trinajstić information content (AvgIpc) is 2.15. The first-order valence-corrected chi connectivity index (χ1v) is 5.75. The summed E-state index contributed by atoms with van der Waals surface area (Å²) >= 11 is 0. The molecule has 1 N–H and O–H groups in total. The summed E-state index contributed by atoms with van der Waals surface area (Å²) < 4.78 is 28.2. The highest BCUT2D eigenvalue weighted by Crippen LogP contribution is 2.12. The van der Waals surface area contributed by atoms with Crippen molar-refractivity contribution in [2.45, 2.75) is 0 Å². The Morgan fingerprint density at radius 3 is 2.80 bits per heavy atom. The Balaban J connectivity index is 3.01. The highest BCUT2D eigenvalue weighted by Gasteiger charge is 2.16. The third-order valence-corrected chi connectivity index (χ3v) is 1.99. The van der Waals surface area contributed by atoms with Crippen LogP contribution in [0.2, 0.25) is 0 Å². The van der Waals surface area contributed by atoms with Gasteiger partial charge in [0.1, 0.15) is 5.56 Å². The van der Waals surface area contributed by atoms with Crippen molar-refractivity contribution in [1.29, 1.82) is 0 Å². The lowest BCUT2D eigenvalue weighted by Crippen LogP contribution is -2.29. The fourth-order valence-electron chi connectivity index (χ4n) is 0.896. The number of carbonyl (C=O) groups is 1. The Kier molecular flexibility index (Phi) is 3.25. The molecule has 1 heterocycles. The monoisotopic (exact) mass is 229 g/mol. The van der Waals surface area contributed by atoms with Gasteiger partial charge in [-0.25, -0.2) is 18.1 Å². The largest absolute Gasteiger partial charge is 0.480 e. The van der Waals surface area contributed by atoms with Gasteiger partial charge >= 0.3 is 0 Å². The van der Waals surface area contributed by atoms with E-state index < -0.39 is 15.9 Å². The fourth-order valence-corrected chi connectivity index (χ4v) is 1.34. The van der Waals surface area contributed by atoms with E-state index in [-0.39, 0.29) is 11.4 Å². The molecular formula is C8H9N2O4S. The number of hydrogen-bond donors (Lipinski definition) is 1. The molecule has 0 aliphatic carbocycles. The second-order valence-corrected chi connectivity index (χ2v) is 4.44. The van der Waals surface area contributed by atoms with Crippen molar-refractivity contribution < 1.29 is 17.9 Å². The average molecular weight is 229 g/mol. The number of pyridine rings is 1. The highest BCUT2D eigenvalue weighted by molar-refractivity contribution is 7.89. The van der Waals surface area contributed by atoms with Gasteiger partial charge in [0.25, 0.3) is 5.91 Å². The van der Waals surface area contributed by atoms with Gasteiger partial charge in [-0.05, 0) is 6.07 Å². The van der Waals surface area contributed by atoms with Crippen LogP contribution in [-0.2, 0) is 10.0 Å². The Morgan fingerprint density at radius 2 is 2.27 bits per heavy atom. The van der Waals surface area contributed by atoms with Gasteiger partial charge in [-0.1, -0.05) is 0 Å². The van der Waals surface area contributed by atoms with Crippen LogP contribution >= 0.6 is 0 Å². The third-order valence-electron chi connectivity index (χ3n) is 1.43. The van der Waals surface area contributed by atoms with E-state index in [2.05, 4.69) is 11.1 Å². The standard InChI is InChI=1S/C8H9N2O4S/c1-14-8-6(4-3-5-9-8)7(11)10-15(2,12)13/h4-5H,1-2H3,(H,10,11). The zero-order chi connectivity index (χ0) is 11.5. The third kappa shape index (κ3) is 3.21. The maximum atomic E-state index is 11.4. The number of hydrogen-bond acceptors (Lipinski definition) is 5. The minimum atomic E-state index is -3.59. The summed E-state index contributed by atoms with van der Waals surface area (Å²) in [4.78, 5) is 15.1. The van der Waals surface area contributed by atoms with Crippen molar-refractivity contribution >= 4 is 15.9 Å². The lowest BCUT2D eigenvalue weighted by atomic mass is 10.2. The lowest BCUT2D eigenvalue weighted by molar-refractivity contribution is 0.0978. The minimum Gasteiger partial charge on any atom is -0.480 e. The normalized spacial score (nSPS) is 10.8. The molecule has 0 aliphatic heterocycles. The Labute approximate surface area is 87.3 Å². The summed E-state index contributed by atoms with van der Waals surface area (Å²) in [5.74, 6) is -0.742. The van der Waals surface area contributed by atoms with Crippen molar-refractivity contribution in [1.82, 2.24) is 9.71 Å². The van der Waals surface area contributed by atoms with Crippen LogP contribution in [-0.4, -0.2) is 32.7 Å². The molecule has 0 atom stereocenters. The maximum absolute atomic E-state index is 11.4. The second-order valence-electron chi connectivity index (χ2n) is 2.70. The lowest BCUT2D eigenvalue weighted by Gasteiger charge is -2.05. The van der Waals surface area contributed by atoms with E-state index in [1.165, 1.54) is 19.4 Å². The van der Waals surface area contributed by atoms with Crippen LogP contribution in [0.25, 0.3) is 0 Å². The predicted octanol–water partition coefficient (Wildman–Crippen LogP) is -0.420. The smallest absolute Gasteiger partial charge is 0.270 e. The van der Waals surface area contributed by atoms with Crippen molar-refractivity contribution in [3.63, 3.8) is 0 Å². The van der Waals surface area contributed by atoms with Crippen LogP contribution in [0.3, 0.4) is 0 Å². The van der Waals surface area contributed by atoms with E-state index in [0.717, 1.165) is 6.26 Å². The molecular weight excluding hydrogens is 220 g/mol. The first kappa shape index (κ1) is 11.4. The van der Waals surface area contributed by atoms with Crippen LogP contribution < -0.4 is 9.46 Å². The molecule has 1 rings (SSSR count). The summed E-state index contributed by atoms with van der Waals surface area (Å²) in [5, 5.41) is 0. The van der Waals surface area contributed by atoms with E-state index in [0.29, 0.717) is 0 Å². The second kappa shape index (κ2) is 4.26. The zero-order valence-corrected chi connectivity index (χ0v) is 8.96. The molecule has 1 amide bonds. The number of ether oxygens (including phenoxy) is 1. The number of nitrogens with one attached hydrogen (secondary N) is 1. The van der Waals surface area contributed by atoms with Gasteiger partial charge in [0.2, 0.25) is 15.9 Å². The summed E-state index contributed by atoms with van der Waals surface area (Å²) in [6, 6.07) is 3.85. The number of sulfonamides is 1. The molecule has 0 spiro atoms. The first-order valence-electron chi connectivity index (χ1n) is 3.86. The minimum absolute atomic E-state index is 0.0189. The van der Waals surface area contributed by atoms with Crippen molar-refractivity contribution in [3.05, 3.63) is 23.9 Å². The topological polar surface area (TPSA) is 85.4 Å². The Hall–Kier alpha value is -1.63. The summed E-state index contributed by atoms with van der Waals surface area (Å²) in [6.45, 7) is 0. The molecule has 1 aromatic heterocycles. The number of aromatic nitrogens is 1. The van der Waals surface area contributed by atoms with Crippen molar-refractivity contribution in [2.24, 2.45) is 0 Å². The van der Waals surface area contributed by atoms with E-state index >= 15 is 0 Å². The zero-order valence-electron chi connectivity index (χ0n) is 8.14. The number of methoxy groups -OCH3 is 1. The molecule has 0 fully saturated rings. The van der Waals surface area contributed by atoms with Crippen molar-refractivity contribution in [3.8, 4) is 5.88 Å². The van der Waals surface area contributed by atoms with E-state index in [4.69, 9.17) is 4.74 Å². The number of rotatable bonds is 3. The van der Waals surface area contributed by atoms with Gasteiger partial charge in [0.15, 0.2) is 0 Å². The van der Waals surface area contributed by atoms with Crippen LogP contribution in [0.4, 0.5) is 0 Å². The van der Waals surface area contributed by atoms with Crippen molar-refractivity contribution in [2.75, 3.05) is 13.4 Å². The van der Waals surface area contributed by atoms with Gasteiger partial charge in [0.05, 0.1) is 13.4 Å². The van der Waals surface area contributed by atoms with E-state index in [1.807, 2.05) is 0 Å². The Morgan fingerprint density at radius 1 is 1.60 bits per heavy atom. The van der Waals surface area contributed by atoms with E-state index in [9.17, 15) is 13.2 Å². The molecule has 81 valence electrons. The van der Waals surface area contributed by atoms with Gasteiger partial charge in [-0.15, -0.1) is 0 Å². The number of amides is 1. The van der Waals surface area contributed by atoms with Gasteiger partial charge < -0.3 is 4.74 Å². The molecule has 15 heavy (non-hydrogen) atoms. The molecule has 1 aromatic rings. The molecule has 1 radical (unpaired) electrons. The number of nitrogens with zero attached hydrogens (tertiary/aromatic N) is 1. The fraction of sp³-hybridized carbons (Fsp3) is 0.250. The summed E-state index contributed by atoms with van der Waals surface area (Å²) in [6.07, 6.45) is 2.20. The first-order chi connectivity index (χ1) is 6.94. The molecule has 0 aliphatic rings. The van der Waals surface area contributed by atoms with E-state index in [1.54, 1.807) is 4.72 Å². The quantitative estimate of drug-likeness (QED) is 0.760. The van der Waals surface area contributed by atoms with Gasteiger partial charge in [-0.3, -0.25) is 4.79 Å². The maximum Gasteiger partial charge on any atom is 0.270 e. The summed E-state index contributed by atoms with van der Waals surface area (Å²) in [5.41, 5.74) is 0.0189. The SMILES string of the molecule is COc1nc[c]cc1C(=O)NS(C)(=O)=O. The summed E-state index contributed by atoms with van der Waals surface area (Å²) in [7, 11) is -2.26. The molecule has 0 bridgehead atoms. The predicted molar refractivity (Wildman–Crippen MR) is 51.9 cm³/mol. The highest BCUT2D eigenvalue weighted by atomic mass is 32.2. The van der Waals surface area contributed by atoms with Crippen LogP contribution in [0, 0.1) is 6.07 Å². The molecule has 0 aromatic carbocycles. The van der Waals surface area contributed by atoms with Gasteiger partial charge in [0, 0.05) is 12.3 Å². The number of carbonyl (C=O) groups excluding carboxylic acids is 1. The molecule has 0 saturated carbocycles.